The van der Waals surface area contributed by atoms with Crippen molar-refractivity contribution in [3.8, 4) is 44.9 Å². The minimum atomic E-state index is -0.577. The van der Waals surface area contributed by atoms with E-state index in [1.807, 2.05) is 0 Å². The summed E-state index contributed by atoms with van der Waals surface area (Å²) in [5.41, 5.74) is 17.4. The summed E-state index contributed by atoms with van der Waals surface area (Å²) < 4.78 is 6.71. The van der Waals surface area contributed by atoms with Gasteiger partial charge in [-0.05, 0) is 110 Å². The van der Waals surface area contributed by atoms with E-state index >= 15 is 0 Å². The van der Waals surface area contributed by atoms with Gasteiger partial charge in [0.15, 0.2) is 0 Å². The van der Waals surface area contributed by atoms with Crippen molar-refractivity contribution in [2.45, 2.75) is 24.7 Å². The summed E-state index contributed by atoms with van der Waals surface area (Å²) >= 11 is 0. The molecule has 60 heavy (non-hydrogen) atoms. The molecule has 0 bridgehead atoms. The van der Waals surface area contributed by atoms with Crippen LogP contribution in [0.15, 0.2) is 224 Å². The maximum absolute atomic E-state index is 6.71. The molecule has 0 amide bonds. The van der Waals surface area contributed by atoms with Crippen molar-refractivity contribution in [1.29, 1.82) is 0 Å². The summed E-state index contributed by atoms with van der Waals surface area (Å²) in [5, 5.41) is 0. The van der Waals surface area contributed by atoms with Gasteiger partial charge in [-0.1, -0.05) is 184 Å². The van der Waals surface area contributed by atoms with Crippen molar-refractivity contribution in [2.75, 3.05) is 4.90 Å². The van der Waals surface area contributed by atoms with Gasteiger partial charge in [0.1, 0.15) is 11.5 Å². The fraction of sp³-hybridized carbons (Fsp3) is 0.0690. The molecule has 0 radical (unpaired) electrons. The zero-order valence-electron chi connectivity index (χ0n) is 33.7. The van der Waals surface area contributed by atoms with Crippen LogP contribution in [0.4, 0.5) is 17.1 Å². The van der Waals surface area contributed by atoms with Crippen LogP contribution in [0.5, 0.6) is 11.5 Å². The van der Waals surface area contributed by atoms with Crippen LogP contribution >= 0.6 is 0 Å². The molecule has 1 aliphatic carbocycles. The topological polar surface area (TPSA) is 12.5 Å². The summed E-state index contributed by atoms with van der Waals surface area (Å²) in [5.74, 6) is 1.75. The fourth-order valence-electron chi connectivity index (χ4n) is 9.90. The standard InChI is InChI=1S/C58H43NO/c1-57(2)51-23-13-12-22-49(51)50-36-35-48(39-53(50)57)59(46-31-26-41(27-32-46)40-16-6-3-7-17-40)47-33-28-42(29-34-47)43-30-37-56-54(38-43)58(44-18-8-4-9-19-44,45-20-10-5-11-21-45)52-24-14-15-25-55(52)60-56/h3-39H,1-2H3. The molecule has 11 rings (SSSR count). The first-order valence-electron chi connectivity index (χ1n) is 20.8. The molecule has 0 saturated heterocycles. The lowest BCUT2D eigenvalue weighted by Crippen LogP contribution is -2.34. The number of fused-ring (bicyclic) bond motifs is 5. The van der Waals surface area contributed by atoms with Gasteiger partial charge < -0.3 is 9.64 Å². The molecule has 2 aliphatic rings. The monoisotopic (exact) mass is 769 g/mol. The Balaban J connectivity index is 1.03. The van der Waals surface area contributed by atoms with E-state index in [1.54, 1.807) is 0 Å². The number of hydrogen-bond donors (Lipinski definition) is 0. The summed E-state index contributed by atoms with van der Waals surface area (Å²) in [6.07, 6.45) is 0. The first-order valence-corrected chi connectivity index (χ1v) is 20.8. The third-order valence-corrected chi connectivity index (χ3v) is 12.8. The Morgan fingerprint density at radius 1 is 0.333 bits per heavy atom. The minimum Gasteiger partial charge on any atom is -0.457 e. The predicted octanol–water partition coefficient (Wildman–Crippen LogP) is 15.3. The molecule has 0 spiro atoms. The molecule has 0 N–H and O–H groups in total. The van der Waals surface area contributed by atoms with Crippen LogP contribution in [0.3, 0.4) is 0 Å². The number of rotatable bonds is 7. The highest BCUT2D eigenvalue weighted by molar-refractivity contribution is 5.86. The molecule has 0 atom stereocenters. The third kappa shape index (κ3) is 5.63. The van der Waals surface area contributed by atoms with Gasteiger partial charge in [0.05, 0.1) is 5.41 Å². The molecular weight excluding hydrogens is 727 g/mol. The van der Waals surface area contributed by atoms with Gasteiger partial charge >= 0.3 is 0 Å². The molecule has 0 saturated carbocycles. The molecular formula is C58H43NO. The van der Waals surface area contributed by atoms with Crippen LogP contribution in [0.1, 0.15) is 47.2 Å². The summed E-state index contributed by atoms with van der Waals surface area (Å²) in [6, 6.07) is 81.4. The Kier molecular flexibility index (Phi) is 8.42. The predicted molar refractivity (Wildman–Crippen MR) is 248 cm³/mol. The molecule has 9 aromatic rings. The summed E-state index contributed by atoms with van der Waals surface area (Å²) in [4.78, 5) is 2.39. The summed E-state index contributed by atoms with van der Waals surface area (Å²) in [7, 11) is 0. The van der Waals surface area contributed by atoms with E-state index in [-0.39, 0.29) is 5.41 Å². The highest BCUT2D eigenvalue weighted by Crippen LogP contribution is 2.56. The molecule has 0 aromatic heterocycles. The van der Waals surface area contributed by atoms with E-state index < -0.39 is 5.41 Å². The van der Waals surface area contributed by atoms with Crippen molar-refractivity contribution < 1.29 is 4.74 Å². The Hall–Kier alpha value is -7.42. The molecule has 286 valence electrons. The van der Waals surface area contributed by atoms with E-state index in [0.29, 0.717) is 0 Å². The van der Waals surface area contributed by atoms with Gasteiger partial charge in [0.25, 0.3) is 0 Å². The van der Waals surface area contributed by atoms with Crippen LogP contribution in [0.25, 0.3) is 33.4 Å². The zero-order chi connectivity index (χ0) is 40.3. The largest absolute Gasteiger partial charge is 0.457 e. The SMILES string of the molecule is CC1(C)c2ccccc2-c2ccc(N(c3ccc(-c4ccccc4)cc3)c3ccc(-c4ccc5c(c4)C(c4ccccc4)(c4ccccc4)c4ccccc4O5)cc3)cc21. The zero-order valence-corrected chi connectivity index (χ0v) is 33.7. The van der Waals surface area contributed by atoms with E-state index in [0.717, 1.165) is 50.8 Å². The van der Waals surface area contributed by atoms with E-state index in [4.69, 9.17) is 4.74 Å². The molecule has 0 fully saturated rings. The lowest BCUT2D eigenvalue weighted by atomic mass is 9.63. The van der Waals surface area contributed by atoms with Crippen LogP contribution in [0.2, 0.25) is 0 Å². The number of para-hydroxylation sites is 1. The van der Waals surface area contributed by atoms with Crippen molar-refractivity contribution >= 4 is 17.1 Å². The Morgan fingerprint density at radius 2 is 0.800 bits per heavy atom. The maximum atomic E-state index is 6.71. The van der Waals surface area contributed by atoms with Gasteiger partial charge in [-0.2, -0.15) is 0 Å². The van der Waals surface area contributed by atoms with Crippen molar-refractivity contribution in [3.63, 3.8) is 0 Å². The van der Waals surface area contributed by atoms with Crippen LogP contribution in [-0.4, -0.2) is 0 Å². The highest BCUT2D eigenvalue weighted by atomic mass is 16.5. The van der Waals surface area contributed by atoms with Gasteiger partial charge in [0.2, 0.25) is 0 Å². The highest BCUT2D eigenvalue weighted by Gasteiger charge is 2.45. The maximum Gasteiger partial charge on any atom is 0.132 e. The number of hydrogen-bond acceptors (Lipinski definition) is 2. The molecule has 1 heterocycles. The van der Waals surface area contributed by atoms with Crippen molar-refractivity contribution in [3.05, 3.63) is 258 Å². The first kappa shape index (κ1) is 35.7. The first-order chi connectivity index (χ1) is 29.5. The Morgan fingerprint density at radius 3 is 1.45 bits per heavy atom. The Bertz CT molecular complexity index is 2970. The molecule has 9 aromatic carbocycles. The van der Waals surface area contributed by atoms with Gasteiger partial charge in [-0.3, -0.25) is 0 Å². The molecule has 0 unspecified atom stereocenters. The van der Waals surface area contributed by atoms with E-state index in [1.165, 1.54) is 44.5 Å². The third-order valence-electron chi connectivity index (χ3n) is 12.8. The molecule has 2 heteroatoms. The van der Waals surface area contributed by atoms with Crippen LogP contribution in [-0.2, 0) is 10.8 Å². The van der Waals surface area contributed by atoms with Gasteiger partial charge in [-0.15, -0.1) is 0 Å². The van der Waals surface area contributed by atoms with Crippen molar-refractivity contribution in [2.24, 2.45) is 0 Å². The van der Waals surface area contributed by atoms with Gasteiger partial charge in [0, 0.05) is 33.6 Å². The lowest BCUT2D eigenvalue weighted by Gasteiger charge is -2.41. The van der Waals surface area contributed by atoms with E-state index in [9.17, 15) is 0 Å². The average Bonchev–Trinajstić information content (AvgIpc) is 3.54. The number of ether oxygens (including phenoxy) is 1. The van der Waals surface area contributed by atoms with Crippen LogP contribution in [0, 0.1) is 0 Å². The molecule has 1 aliphatic heterocycles. The van der Waals surface area contributed by atoms with Crippen LogP contribution < -0.4 is 9.64 Å². The Labute approximate surface area is 352 Å². The van der Waals surface area contributed by atoms with Crippen molar-refractivity contribution in [1.82, 2.24) is 0 Å². The average molecular weight is 770 g/mol. The second-order valence-electron chi connectivity index (χ2n) is 16.5. The second-order valence-corrected chi connectivity index (χ2v) is 16.5. The quantitative estimate of drug-likeness (QED) is 0.160. The lowest BCUT2D eigenvalue weighted by molar-refractivity contribution is 0.434. The number of anilines is 3. The molecule has 2 nitrogen and oxygen atoms in total. The number of nitrogens with zero attached hydrogens (tertiary/aromatic N) is 1. The van der Waals surface area contributed by atoms with Gasteiger partial charge in [-0.25, -0.2) is 0 Å². The second kappa shape index (κ2) is 14.1. The summed E-state index contributed by atoms with van der Waals surface area (Å²) in [6.45, 7) is 4.70. The van der Waals surface area contributed by atoms with E-state index in [2.05, 4.69) is 243 Å². The normalized spacial score (nSPS) is 13.9. The smallest absolute Gasteiger partial charge is 0.132 e. The minimum absolute atomic E-state index is 0.111. The number of benzene rings is 9. The fourth-order valence-corrected chi connectivity index (χ4v) is 9.90.